The second kappa shape index (κ2) is 12.3. The number of carbonyl (C=O) groups excluding carboxylic acids is 2. The van der Waals surface area contributed by atoms with Gasteiger partial charge in [-0.05, 0) is 43.3 Å². The molecule has 160 valence electrons. The third-order valence-electron chi connectivity index (χ3n) is 4.70. The van der Waals surface area contributed by atoms with Gasteiger partial charge in [0.15, 0.2) is 5.11 Å². The molecule has 1 aromatic carbocycles. The molecular weight excluding hydrogens is 395 g/mol. The van der Waals surface area contributed by atoms with Crippen molar-refractivity contribution in [1.29, 1.82) is 0 Å². The van der Waals surface area contributed by atoms with Gasteiger partial charge in [-0.3, -0.25) is 14.5 Å². The first-order chi connectivity index (χ1) is 14.0. The van der Waals surface area contributed by atoms with Crippen LogP contribution in [0, 0.1) is 5.82 Å². The lowest BCUT2D eigenvalue weighted by Gasteiger charge is -2.35. The van der Waals surface area contributed by atoms with Gasteiger partial charge in [0.2, 0.25) is 5.91 Å². The summed E-state index contributed by atoms with van der Waals surface area (Å²) in [5.41, 5.74) is 0.464. The van der Waals surface area contributed by atoms with Gasteiger partial charge in [0.25, 0.3) is 0 Å². The third-order valence-corrected chi connectivity index (χ3v) is 5.10. The Morgan fingerprint density at radius 3 is 2.62 bits per heavy atom. The first kappa shape index (κ1) is 23.0. The number of hydrogen-bond donors (Lipinski definition) is 2. The summed E-state index contributed by atoms with van der Waals surface area (Å²) < 4.78 is 17.8. The largest absolute Gasteiger partial charge is 0.469 e. The Balaban J connectivity index is 1.58. The lowest BCUT2D eigenvalue weighted by atomic mass is 10.2. The molecule has 2 rings (SSSR count). The van der Waals surface area contributed by atoms with Crippen molar-refractivity contribution in [1.82, 2.24) is 15.1 Å². The fourth-order valence-corrected chi connectivity index (χ4v) is 3.34. The number of methoxy groups -OCH3 is 1. The molecule has 1 amide bonds. The second-order valence-electron chi connectivity index (χ2n) is 6.94. The summed E-state index contributed by atoms with van der Waals surface area (Å²) in [6.07, 6.45) is 3.16. The molecule has 9 heteroatoms. The van der Waals surface area contributed by atoms with E-state index < -0.39 is 0 Å². The standard InChI is InChI=1S/C20H29FN4O3S/c1-28-19(27)8-3-2-4-9-22-20(29)25-12-10-24(11-13-25)15-18(26)23-17-7-5-6-16(21)14-17/h5-7,14H,2-4,8-13,15H2,1H3,(H,22,29)(H,23,26). The average molecular weight is 425 g/mol. The number of ether oxygens (including phenoxy) is 1. The number of benzene rings is 1. The zero-order valence-corrected chi connectivity index (χ0v) is 17.6. The Morgan fingerprint density at radius 2 is 1.93 bits per heavy atom. The van der Waals surface area contributed by atoms with E-state index in [-0.39, 0.29) is 24.2 Å². The van der Waals surface area contributed by atoms with Crippen molar-refractivity contribution in [3.05, 3.63) is 30.1 Å². The number of rotatable bonds is 9. The van der Waals surface area contributed by atoms with Crippen LogP contribution in [0.15, 0.2) is 24.3 Å². The topological polar surface area (TPSA) is 73.9 Å². The van der Waals surface area contributed by atoms with Crippen LogP contribution in [-0.4, -0.2) is 73.2 Å². The van der Waals surface area contributed by atoms with Crippen LogP contribution in [-0.2, 0) is 14.3 Å². The number of unbranched alkanes of at least 4 members (excludes halogenated alkanes) is 2. The van der Waals surface area contributed by atoms with Gasteiger partial charge in [0.05, 0.1) is 13.7 Å². The van der Waals surface area contributed by atoms with E-state index in [1.807, 2.05) is 0 Å². The number of nitrogens with zero attached hydrogens (tertiary/aromatic N) is 2. The molecule has 0 spiro atoms. The Hall–Kier alpha value is -2.26. The zero-order chi connectivity index (χ0) is 21.1. The van der Waals surface area contributed by atoms with E-state index in [1.54, 1.807) is 12.1 Å². The summed E-state index contributed by atoms with van der Waals surface area (Å²) in [7, 11) is 1.40. The van der Waals surface area contributed by atoms with E-state index in [0.29, 0.717) is 12.1 Å². The molecule has 1 fully saturated rings. The molecule has 0 saturated carbocycles. The predicted octanol–water partition coefficient (Wildman–Crippen LogP) is 1.99. The van der Waals surface area contributed by atoms with Crippen molar-refractivity contribution >= 4 is 34.9 Å². The van der Waals surface area contributed by atoms with Crippen LogP contribution < -0.4 is 10.6 Å². The Kier molecular flexibility index (Phi) is 9.79. The highest BCUT2D eigenvalue weighted by Crippen LogP contribution is 2.09. The van der Waals surface area contributed by atoms with Crippen LogP contribution in [0.2, 0.25) is 0 Å². The van der Waals surface area contributed by atoms with E-state index in [1.165, 1.54) is 19.2 Å². The maximum Gasteiger partial charge on any atom is 0.305 e. The first-order valence-corrected chi connectivity index (χ1v) is 10.3. The van der Waals surface area contributed by atoms with Gasteiger partial charge in [0.1, 0.15) is 5.82 Å². The molecular formula is C20H29FN4O3S. The molecule has 0 aliphatic carbocycles. The number of amides is 1. The molecule has 1 heterocycles. The normalized spacial score (nSPS) is 14.3. The molecule has 2 N–H and O–H groups in total. The van der Waals surface area contributed by atoms with E-state index >= 15 is 0 Å². The highest BCUT2D eigenvalue weighted by Gasteiger charge is 2.20. The van der Waals surface area contributed by atoms with Gasteiger partial charge in [-0.1, -0.05) is 12.5 Å². The van der Waals surface area contributed by atoms with Crippen LogP contribution in [0.1, 0.15) is 25.7 Å². The molecule has 1 aliphatic rings. The second-order valence-corrected chi connectivity index (χ2v) is 7.33. The van der Waals surface area contributed by atoms with Crippen molar-refractivity contribution in [3.63, 3.8) is 0 Å². The van der Waals surface area contributed by atoms with E-state index in [9.17, 15) is 14.0 Å². The van der Waals surface area contributed by atoms with Crippen LogP contribution in [0.3, 0.4) is 0 Å². The Morgan fingerprint density at radius 1 is 1.17 bits per heavy atom. The van der Waals surface area contributed by atoms with Crippen molar-refractivity contribution < 1.29 is 18.7 Å². The fraction of sp³-hybridized carbons (Fsp3) is 0.550. The van der Waals surface area contributed by atoms with Crippen molar-refractivity contribution in [3.8, 4) is 0 Å². The minimum absolute atomic E-state index is 0.156. The average Bonchev–Trinajstić information content (AvgIpc) is 2.70. The fourth-order valence-electron chi connectivity index (χ4n) is 3.06. The van der Waals surface area contributed by atoms with Gasteiger partial charge >= 0.3 is 5.97 Å². The maximum atomic E-state index is 13.2. The summed E-state index contributed by atoms with van der Waals surface area (Å²) in [6.45, 7) is 4.01. The number of thiocarbonyl (C=S) groups is 1. The smallest absolute Gasteiger partial charge is 0.305 e. The van der Waals surface area contributed by atoms with Crippen LogP contribution in [0.5, 0.6) is 0 Å². The van der Waals surface area contributed by atoms with Gasteiger partial charge in [0, 0.05) is 44.8 Å². The molecule has 0 unspecified atom stereocenters. The Labute approximate surface area is 176 Å². The number of piperazine rings is 1. The lowest BCUT2D eigenvalue weighted by molar-refractivity contribution is -0.140. The number of esters is 1. The molecule has 0 atom stereocenters. The summed E-state index contributed by atoms with van der Waals surface area (Å²) in [5, 5.41) is 6.70. The van der Waals surface area contributed by atoms with Gasteiger partial charge in [-0.2, -0.15) is 0 Å². The summed E-state index contributed by atoms with van der Waals surface area (Å²) >= 11 is 5.45. The molecule has 0 aromatic heterocycles. The highest BCUT2D eigenvalue weighted by atomic mass is 32.1. The monoisotopic (exact) mass is 424 g/mol. The number of carbonyl (C=O) groups is 2. The van der Waals surface area contributed by atoms with Crippen LogP contribution >= 0.6 is 12.2 Å². The zero-order valence-electron chi connectivity index (χ0n) is 16.8. The van der Waals surface area contributed by atoms with Gasteiger partial charge < -0.3 is 20.3 Å². The molecule has 1 saturated heterocycles. The molecule has 29 heavy (non-hydrogen) atoms. The van der Waals surface area contributed by atoms with Crippen molar-refractivity contribution in [2.24, 2.45) is 0 Å². The van der Waals surface area contributed by atoms with E-state index in [4.69, 9.17) is 12.2 Å². The van der Waals surface area contributed by atoms with Crippen molar-refractivity contribution in [2.75, 3.05) is 51.7 Å². The van der Waals surface area contributed by atoms with Crippen molar-refractivity contribution in [2.45, 2.75) is 25.7 Å². The summed E-state index contributed by atoms with van der Waals surface area (Å²) in [4.78, 5) is 27.3. The highest BCUT2D eigenvalue weighted by molar-refractivity contribution is 7.80. The number of anilines is 1. The predicted molar refractivity (Wildman–Crippen MR) is 114 cm³/mol. The van der Waals surface area contributed by atoms with Crippen LogP contribution in [0.25, 0.3) is 0 Å². The van der Waals surface area contributed by atoms with E-state index in [0.717, 1.165) is 57.1 Å². The third kappa shape index (κ3) is 8.74. The SMILES string of the molecule is COC(=O)CCCCCNC(=S)N1CCN(CC(=O)Nc2cccc(F)c2)CC1. The summed E-state index contributed by atoms with van der Waals surface area (Å²) in [6, 6.07) is 5.87. The quantitative estimate of drug-likeness (QED) is 0.357. The molecule has 0 radical (unpaired) electrons. The lowest BCUT2D eigenvalue weighted by Crippen LogP contribution is -2.53. The van der Waals surface area contributed by atoms with Gasteiger partial charge in [-0.25, -0.2) is 4.39 Å². The number of halogens is 1. The molecule has 7 nitrogen and oxygen atoms in total. The Bertz CT molecular complexity index is 696. The first-order valence-electron chi connectivity index (χ1n) is 9.85. The maximum absolute atomic E-state index is 13.2. The van der Waals surface area contributed by atoms with Crippen LogP contribution in [0.4, 0.5) is 10.1 Å². The minimum atomic E-state index is -0.374. The minimum Gasteiger partial charge on any atom is -0.469 e. The molecule has 1 aromatic rings. The molecule has 1 aliphatic heterocycles. The van der Waals surface area contributed by atoms with Gasteiger partial charge in [-0.15, -0.1) is 0 Å². The number of hydrogen-bond acceptors (Lipinski definition) is 5. The molecule has 0 bridgehead atoms. The number of nitrogens with one attached hydrogen (secondary N) is 2. The van der Waals surface area contributed by atoms with E-state index in [2.05, 4.69) is 25.2 Å². The summed E-state index contributed by atoms with van der Waals surface area (Å²) in [5.74, 6) is -0.700.